The number of carboxylic acid groups (broad SMARTS) is 1. The van der Waals surface area contributed by atoms with Crippen molar-refractivity contribution in [2.45, 2.75) is 6.61 Å². The average molecular weight is 287 g/mol. The number of hydrogen-bond acceptors (Lipinski definition) is 4. The van der Waals surface area contributed by atoms with Gasteiger partial charge in [0.15, 0.2) is 23.0 Å². The van der Waals surface area contributed by atoms with E-state index in [1.165, 1.54) is 22.6 Å². The van der Waals surface area contributed by atoms with Crippen molar-refractivity contribution >= 4 is 11.6 Å². The molecule has 0 aliphatic rings. The van der Waals surface area contributed by atoms with Crippen LogP contribution in [0.3, 0.4) is 0 Å². The third kappa shape index (κ3) is 2.40. The minimum atomic E-state index is -1.10. The SMILES string of the molecule is O=C(O)c1cccc2nnc(COc3ccccc3F)n12. The number of halogens is 1. The van der Waals surface area contributed by atoms with Crippen LogP contribution in [0.1, 0.15) is 16.3 Å². The molecule has 0 unspecified atom stereocenters. The zero-order valence-corrected chi connectivity index (χ0v) is 10.7. The van der Waals surface area contributed by atoms with Crippen LogP contribution in [0.2, 0.25) is 0 Å². The molecule has 21 heavy (non-hydrogen) atoms. The first-order valence-corrected chi connectivity index (χ1v) is 6.10. The first-order chi connectivity index (χ1) is 10.2. The maximum absolute atomic E-state index is 13.5. The lowest BCUT2D eigenvalue weighted by molar-refractivity contribution is 0.0688. The lowest BCUT2D eigenvalue weighted by Crippen LogP contribution is -2.09. The fourth-order valence-electron chi connectivity index (χ4n) is 1.97. The largest absolute Gasteiger partial charge is 0.483 e. The monoisotopic (exact) mass is 287 g/mol. The number of benzene rings is 1. The fraction of sp³-hybridized carbons (Fsp3) is 0.0714. The van der Waals surface area contributed by atoms with Gasteiger partial charge >= 0.3 is 5.97 Å². The summed E-state index contributed by atoms with van der Waals surface area (Å²) in [6.07, 6.45) is 0. The van der Waals surface area contributed by atoms with Crippen LogP contribution >= 0.6 is 0 Å². The van der Waals surface area contributed by atoms with E-state index >= 15 is 0 Å². The number of para-hydroxylation sites is 1. The van der Waals surface area contributed by atoms with Crippen LogP contribution in [-0.4, -0.2) is 25.7 Å². The minimum absolute atomic E-state index is 0.0182. The molecule has 0 spiro atoms. The molecule has 3 rings (SSSR count). The molecule has 0 saturated carbocycles. The molecule has 0 aliphatic carbocycles. The Balaban J connectivity index is 1.95. The van der Waals surface area contributed by atoms with Crippen molar-refractivity contribution in [2.75, 3.05) is 0 Å². The standard InChI is InChI=1S/C14H10FN3O3/c15-9-4-1-2-6-11(9)21-8-13-17-16-12-7-3-5-10(14(19)20)18(12)13/h1-7H,8H2,(H,19,20). The molecule has 3 aromatic rings. The topological polar surface area (TPSA) is 76.7 Å². The highest BCUT2D eigenvalue weighted by Gasteiger charge is 2.14. The van der Waals surface area contributed by atoms with E-state index in [0.717, 1.165) is 0 Å². The molecular formula is C14H10FN3O3. The number of carbonyl (C=O) groups is 1. The van der Waals surface area contributed by atoms with Crippen molar-refractivity contribution in [2.24, 2.45) is 0 Å². The summed E-state index contributed by atoms with van der Waals surface area (Å²) in [4.78, 5) is 11.2. The number of aromatic nitrogens is 3. The minimum Gasteiger partial charge on any atom is -0.483 e. The van der Waals surface area contributed by atoms with Crippen LogP contribution in [0.5, 0.6) is 5.75 Å². The van der Waals surface area contributed by atoms with Crippen LogP contribution in [0.25, 0.3) is 5.65 Å². The molecule has 2 aromatic heterocycles. The Morgan fingerprint density at radius 1 is 1.19 bits per heavy atom. The van der Waals surface area contributed by atoms with Gasteiger partial charge in [0.25, 0.3) is 0 Å². The van der Waals surface area contributed by atoms with Crippen molar-refractivity contribution in [3.05, 3.63) is 59.8 Å². The van der Waals surface area contributed by atoms with Gasteiger partial charge in [-0.2, -0.15) is 0 Å². The number of hydrogen-bond donors (Lipinski definition) is 1. The number of pyridine rings is 1. The summed E-state index contributed by atoms with van der Waals surface area (Å²) < 4.78 is 20.2. The van der Waals surface area contributed by atoms with Crippen LogP contribution in [0, 0.1) is 5.82 Å². The summed E-state index contributed by atoms with van der Waals surface area (Å²) in [6.45, 7) is -0.0909. The smallest absolute Gasteiger partial charge is 0.352 e. The molecule has 0 atom stereocenters. The van der Waals surface area contributed by atoms with E-state index in [2.05, 4.69) is 10.2 Å². The molecule has 0 aliphatic heterocycles. The molecule has 0 amide bonds. The lowest BCUT2D eigenvalue weighted by Gasteiger charge is -2.07. The molecule has 1 aromatic carbocycles. The van der Waals surface area contributed by atoms with Crippen LogP contribution < -0.4 is 4.74 Å². The van der Waals surface area contributed by atoms with Gasteiger partial charge in [-0.25, -0.2) is 9.18 Å². The van der Waals surface area contributed by atoms with Gasteiger partial charge in [0.05, 0.1) is 0 Å². The Bertz CT molecular complexity index is 816. The molecule has 7 heteroatoms. The number of nitrogens with zero attached hydrogens (tertiary/aromatic N) is 3. The normalized spacial score (nSPS) is 10.7. The molecule has 2 heterocycles. The number of carboxylic acids is 1. The Kier molecular flexibility index (Phi) is 3.23. The second-order valence-electron chi connectivity index (χ2n) is 4.25. The lowest BCUT2D eigenvalue weighted by atomic mass is 10.3. The van der Waals surface area contributed by atoms with E-state index in [1.54, 1.807) is 24.3 Å². The van der Waals surface area contributed by atoms with E-state index in [9.17, 15) is 14.3 Å². The second-order valence-corrected chi connectivity index (χ2v) is 4.25. The summed E-state index contributed by atoms with van der Waals surface area (Å²) in [5, 5.41) is 16.9. The van der Waals surface area contributed by atoms with Gasteiger partial charge in [-0.1, -0.05) is 18.2 Å². The molecule has 1 N–H and O–H groups in total. The van der Waals surface area contributed by atoms with E-state index in [4.69, 9.17) is 4.74 Å². The summed E-state index contributed by atoms with van der Waals surface area (Å²) >= 11 is 0. The maximum atomic E-state index is 13.5. The molecule has 0 saturated heterocycles. The summed E-state index contributed by atoms with van der Waals surface area (Å²) in [7, 11) is 0. The molecule has 6 nitrogen and oxygen atoms in total. The third-order valence-corrected chi connectivity index (χ3v) is 2.91. The molecule has 0 radical (unpaired) electrons. The number of rotatable bonds is 4. The van der Waals surface area contributed by atoms with Gasteiger partial charge < -0.3 is 9.84 Å². The molecule has 0 fully saturated rings. The number of aromatic carboxylic acids is 1. The van der Waals surface area contributed by atoms with Crippen LogP contribution in [0.4, 0.5) is 4.39 Å². The number of fused-ring (bicyclic) bond motifs is 1. The highest BCUT2D eigenvalue weighted by molar-refractivity contribution is 5.86. The molecule has 0 bridgehead atoms. The van der Waals surface area contributed by atoms with E-state index in [0.29, 0.717) is 5.65 Å². The fourth-order valence-corrected chi connectivity index (χ4v) is 1.97. The van der Waals surface area contributed by atoms with E-state index in [-0.39, 0.29) is 23.9 Å². The molecular weight excluding hydrogens is 277 g/mol. The highest BCUT2D eigenvalue weighted by atomic mass is 19.1. The summed E-state index contributed by atoms with van der Waals surface area (Å²) in [6, 6.07) is 10.6. The van der Waals surface area contributed by atoms with Gasteiger partial charge in [-0.15, -0.1) is 10.2 Å². The Morgan fingerprint density at radius 2 is 2.00 bits per heavy atom. The summed E-state index contributed by atoms with van der Waals surface area (Å²) in [5.74, 6) is -1.24. The zero-order valence-electron chi connectivity index (χ0n) is 10.7. The van der Waals surface area contributed by atoms with Crippen LogP contribution in [-0.2, 0) is 6.61 Å². The van der Waals surface area contributed by atoms with Gasteiger partial charge in [0.1, 0.15) is 12.3 Å². The number of ether oxygens (including phenoxy) is 1. The van der Waals surface area contributed by atoms with Gasteiger partial charge in [0, 0.05) is 0 Å². The quantitative estimate of drug-likeness (QED) is 0.795. The van der Waals surface area contributed by atoms with Crippen molar-refractivity contribution in [3.8, 4) is 5.75 Å². The van der Waals surface area contributed by atoms with Crippen molar-refractivity contribution in [1.82, 2.24) is 14.6 Å². The van der Waals surface area contributed by atoms with Gasteiger partial charge in [-0.3, -0.25) is 4.40 Å². The predicted octanol–water partition coefficient (Wildman–Crippen LogP) is 2.15. The molecule has 106 valence electrons. The van der Waals surface area contributed by atoms with Gasteiger partial charge in [-0.05, 0) is 24.3 Å². The summed E-state index contributed by atoms with van der Waals surface area (Å²) in [5.41, 5.74) is 0.409. The third-order valence-electron chi connectivity index (χ3n) is 2.91. The Morgan fingerprint density at radius 3 is 2.76 bits per heavy atom. The van der Waals surface area contributed by atoms with Crippen LogP contribution in [0.15, 0.2) is 42.5 Å². The second kappa shape index (κ2) is 5.20. The first-order valence-electron chi connectivity index (χ1n) is 6.10. The van der Waals surface area contributed by atoms with Crippen molar-refractivity contribution in [1.29, 1.82) is 0 Å². The van der Waals surface area contributed by atoms with E-state index < -0.39 is 11.8 Å². The van der Waals surface area contributed by atoms with Crippen molar-refractivity contribution in [3.63, 3.8) is 0 Å². The Hall–Kier alpha value is -2.96. The van der Waals surface area contributed by atoms with Crippen molar-refractivity contribution < 1.29 is 19.0 Å². The van der Waals surface area contributed by atoms with Gasteiger partial charge in [0.2, 0.25) is 0 Å². The zero-order chi connectivity index (χ0) is 14.8. The average Bonchev–Trinajstić information content (AvgIpc) is 2.89. The first kappa shape index (κ1) is 13.0. The predicted molar refractivity (Wildman–Crippen MR) is 70.7 cm³/mol. The Labute approximate surface area is 118 Å². The maximum Gasteiger partial charge on any atom is 0.352 e. The van der Waals surface area contributed by atoms with E-state index in [1.807, 2.05) is 0 Å². The highest BCUT2D eigenvalue weighted by Crippen LogP contribution is 2.17.